The molecule has 0 saturated heterocycles. The molecule has 0 bridgehead atoms. The number of nitrogens with one attached hydrogen (secondary N) is 1. The molecule has 1 atom stereocenters. The van der Waals surface area contributed by atoms with E-state index in [0.717, 1.165) is 6.42 Å². The van der Waals surface area contributed by atoms with Gasteiger partial charge in [0.15, 0.2) is 0 Å². The van der Waals surface area contributed by atoms with Crippen LogP contribution in [0.15, 0.2) is 18.2 Å². The second-order valence-corrected chi connectivity index (χ2v) is 4.08. The zero-order chi connectivity index (χ0) is 12.8. The third-order valence-electron chi connectivity index (χ3n) is 2.37. The molecule has 5 heteroatoms. The minimum Gasteiger partial charge on any atom is -0.495 e. The van der Waals surface area contributed by atoms with Crippen molar-refractivity contribution in [2.24, 2.45) is 0 Å². The largest absolute Gasteiger partial charge is 0.495 e. The lowest BCUT2D eigenvalue weighted by Crippen LogP contribution is -2.28. The van der Waals surface area contributed by atoms with Gasteiger partial charge in [-0.1, -0.05) is 24.9 Å². The van der Waals surface area contributed by atoms with Gasteiger partial charge in [-0.05, 0) is 18.6 Å². The van der Waals surface area contributed by atoms with Crippen molar-refractivity contribution in [3.63, 3.8) is 0 Å². The second kappa shape index (κ2) is 6.35. The second-order valence-electron chi connectivity index (χ2n) is 3.67. The summed E-state index contributed by atoms with van der Waals surface area (Å²) in [6.07, 6.45) is 1.37. The summed E-state index contributed by atoms with van der Waals surface area (Å²) in [6, 6.07) is 4.50. The standard InChI is InChI=1S/C12H16ClNO3/c1-3-4-10(12(15)16)14-8-5-6-9(13)11(7-8)17-2/h5-7,10,14H,3-4H2,1-2H3,(H,15,16). The molecule has 1 unspecified atom stereocenters. The predicted octanol–water partition coefficient (Wildman–Crippen LogP) is 3.01. The highest BCUT2D eigenvalue weighted by Gasteiger charge is 2.16. The third-order valence-corrected chi connectivity index (χ3v) is 2.68. The maximum atomic E-state index is 11.0. The summed E-state index contributed by atoms with van der Waals surface area (Å²) >= 11 is 5.89. The zero-order valence-corrected chi connectivity index (χ0v) is 10.6. The molecule has 0 aliphatic rings. The van der Waals surface area contributed by atoms with E-state index in [-0.39, 0.29) is 0 Å². The van der Waals surface area contributed by atoms with Crippen LogP contribution in [0.4, 0.5) is 5.69 Å². The first-order valence-electron chi connectivity index (χ1n) is 5.41. The molecule has 0 saturated carbocycles. The van der Waals surface area contributed by atoms with Crippen molar-refractivity contribution in [1.82, 2.24) is 0 Å². The number of halogens is 1. The van der Waals surface area contributed by atoms with Gasteiger partial charge < -0.3 is 15.2 Å². The van der Waals surface area contributed by atoms with Crippen LogP contribution in [0, 0.1) is 0 Å². The molecule has 0 spiro atoms. The van der Waals surface area contributed by atoms with Crippen molar-refractivity contribution < 1.29 is 14.6 Å². The normalized spacial score (nSPS) is 11.9. The lowest BCUT2D eigenvalue weighted by atomic mass is 10.1. The Hall–Kier alpha value is -1.42. The van der Waals surface area contributed by atoms with Gasteiger partial charge in [0.1, 0.15) is 11.8 Å². The van der Waals surface area contributed by atoms with E-state index in [4.69, 9.17) is 21.4 Å². The summed E-state index contributed by atoms with van der Waals surface area (Å²) in [4.78, 5) is 11.0. The molecule has 1 rings (SSSR count). The number of aliphatic carboxylic acids is 1. The fraction of sp³-hybridized carbons (Fsp3) is 0.417. The topological polar surface area (TPSA) is 58.6 Å². The predicted molar refractivity (Wildman–Crippen MR) is 68.0 cm³/mol. The van der Waals surface area contributed by atoms with Crippen LogP contribution in [-0.4, -0.2) is 24.2 Å². The number of hydrogen-bond acceptors (Lipinski definition) is 3. The van der Waals surface area contributed by atoms with Gasteiger partial charge in [0.2, 0.25) is 0 Å². The summed E-state index contributed by atoms with van der Waals surface area (Å²) in [5.74, 6) is -0.335. The molecule has 0 amide bonds. The molecule has 1 aromatic carbocycles. The van der Waals surface area contributed by atoms with E-state index in [2.05, 4.69) is 5.32 Å². The first kappa shape index (κ1) is 13.6. The molecular weight excluding hydrogens is 242 g/mol. The summed E-state index contributed by atoms with van der Waals surface area (Å²) in [7, 11) is 1.52. The fourth-order valence-electron chi connectivity index (χ4n) is 1.50. The van der Waals surface area contributed by atoms with Crippen molar-refractivity contribution in [3.8, 4) is 5.75 Å². The van der Waals surface area contributed by atoms with Crippen LogP contribution in [-0.2, 0) is 4.79 Å². The first-order chi connectivity index (χ1) is 8.08. The van der Waals surface area contributed by atoms with E-state index in [1.54, 1.807) is 18.2 Å². The van der Waals surface area contributed by atoms with Crippen LogP contribution in [0.25, 0.3) is 0 Å². The van der Waals surface area contributed by atoms with Crippen LogP contribution in [0.3, 0.4) is 0 Å². The molecule has 0 aromatic heterocycles. The lowest BCUT2D eigenvalue weighted by molar-refractivity contribution is -0.138. The third kappa shape index (κ3) is 3.82. The van der Waals surface area contributed by atoms with Crippen LogP contribution in [0.5, 0.6) is 5.75 Å². The van der Waals surface area contributed by atoms with E-state index >= 15 is 0 Å². The van der Waals surface area contributed by atoms with Crippen molar-refractivity contribution in [1.29, 1.82) is 0 Å². The average molecular weight is 258 g/mol. The van der Waals surface area contributed by atoms with Gasteiger partial charge in [0.25, 0.3) is 0 Å². The molecule has 0 heterocycles. The zero-order valence-electron chi connectivity index (χ0n) is 9.87. The van der Waals surface area contributed by atoms with E-state index in [0.29, 0.717) is 22.9 Å². The lowest BCUT2D eigenvalue weighted by Gasteiger charge is -2.15. The Labute approximate surface area is 106 Å². The minimum absolute atomic E-state index is 0.500. The molecule has 1 aromatic rings. The van der Waals surface area contributed by atoms with Crippen molar-refractivity contribution >= 4 is 23.3 Å². The Balaban J connectivity index is 2.82. The highest BCUT2D eigenvalue weighted by atomic mass is 35.5. The molecular formula is C12H16ClNO3. The maximum Gasteiger partial charge on any atom is 0.326 e. The summed E-state index contributed by atoms with van der Waals surface area (Å²) in [6.45, 7) is 1.94. The number of carboxylic acids is 1. The van der Waals surface area contributed by atoms with E-state index in [9.17, 15) is 4.79 Å². The van der Waals surface area contributed by atoms with Gasteiger partial charge >= 0.3 is 5.97 Å². The van der Waals surface area contributed by atoms with E-state index < -0.39 is 12.0 Å². The Bertz CT molecular complexity index is 395. The number of carboxylic acid groups (broad SMARTS) is 1. The summed E-state index contributed by atoms with van der Waals surface area (Å²) < 4.78 is 5.07. The number of hydrogen-bond donors (Lipinski definition) is 2. The Morgan fingerprint density at radius 3 is 2.82 bits per heavy atom. The van der Waals surface area contributed by atoms with Crippen molar-refractivity contribution in [2.45, 2.75) is 25.8 Å². The molecule has 17 heavy (non-hydrogen) atoms. The minimum atomic E-state index is -0.860. The summed E-state index contributed by atoms with van der Waals surface area (Å²) in [5, 5.41) is 12.5. The smallest absolute Gasteiger partial charge is 0.326 e. The van der Waals surface area contributed by atoms with Gasteiger partial charge in [0.05, 0.1) is 12.1 Å². The van der Waals surface area contributed by atoms with Crippen LogP contribution in [0.1, 0.15) is 19.8 Å². The Morgan fingerprint density at radius 1 is 1.59 bits per heavy atom. The Morgan fingerprint density at radius 2 is 2.29 bits per heavy atom. The van der Waals surface area contributed by atoms with Crippen molar-refractivity contribution in [3.05, 3.63) is 23.2 Å². The SMILES string of the molecule is CCCC(Nc1ccc(Cl)c(OC)c1)C(=O)O. The molecule has 0 aliphatic heterocycles. The van der Waals surface area contributed by atoms with Gasteiger partial charge in [-0.3, -0.25) is 0 Å². The van der Waals surface area contributed by atoms with Crippen LogP contribution >= 0.6 is 11.6 Å². The van der Waals surface area contributed by atoms with E-state index in [1.165, 1.54) is 7.11 Å². The fourth-order valence-corrected chi connectivity index (χ4v) is 1.69. The van der Waals surface area contributed by atoms with Gasteiger partial charge in [-0.2, -0.15) is 0 Å². The molecule has 4 nitrogen and oxygen atoms in total. The molecule has 0 aliphatic carbocycles. The quantitative estimate of drug-likeness (QED) is 0.823. The number of ether oxygens (including phenoxy) is 1. The van der Waals surface area contributed by atoms with Gasteiger partial charge in [-0.25, -0.2) is 4.79 Å². The first-order valence-corrected chi connectivity index (χ1v) is 5.79. The summed E-state index contributed by atoms with van der Waals surface area (Å²) in [5.41, 5.74) is 0.687. The van der Waals surface area contributed by atoms with Crippen LogP contribution < -0.4 is 10.1 Å². The molecule has 94 valence electrons. The van der Waals surface area contributed by atoms with Crippen molar-refractivity contribution in [2.75, 3.05) is 12.4 Å². The monoisotopic (exact) mass is 257 g/mol. The van der Waals surface area contributed by atoms with Gasteiger partial charge in [0, 0.05) is 11.8 Å². The Kier molecular flexibility index (Phi) is 5.10. The highest BCUT2D eigenvalue weighted by Crippen LogP contribution is 2.27. The van der Waals surface area contributed by atoms with Gasteiger partial charge in [-0.15, -0.1) is 0 Å². The molecule has 0 radical (unpaired) electrons. The number of methoxy groups -OCH3 is 1. The van der Waals surface area contributed by atoms with E-state index in [1.807, 2.05) is 6.92 Å². The molecule has 2 N–H and O–H groups in total. The number of benzene rings is 1. The number of anilines is 1. The maximum absolute atomic E-state index is 11.0. The number of carbonyl (C=O) groups is 1. The number of rotatable bonds is 6. The average Bonchev–Trinajstić information content (AvgIpc) is 2.30. The van der Waals surface area contributed by atoms with Crippen LogP contribution in [0.2, 0.25) is 5.02 Å². The highest BCUT2D eigenvalue weighted by molar-refractivity contribution is 6.32. The molecule has 0 fully saturated rings.